The Balaban J connectivity index is 3.12. The van der Waals surface area contributed by atoms with Crippen molar-refractivity contribution in [3.8, 4) is 0 Å². The zero-order chi connectivity index (χ0) is 11.1. The van der Waals surface area contributed by atoms with Gasteiger partial charge >= 0.3 is 7.32 Å². The zero-order valence-electron chi connectivity index (χ0n) is 6.27. The molecule has 0 aromatic rings. The van der Waals surface area contributed by atoms with Gasteiger partial charge in [-0.15, -0.1) is 0 Å². The monoisotopic (exact) mass is 296 g/mol. The van der Waals surface area contributed by atoms with Crippen LogP contribution in [-0.4, -0.2) is 22.4 Å². The van der Waals surface area contributed by atoms with Crippen LogP contribution >= 0.6 is 58.0 Å². The minimum absolute atomic E-state index is 0.0889. The van der Waals surface area contributed by atoms with Gasteiger partial charge in [-0.1, -0.05) is 58.0 Å². The summed E-state index contributed by atoms with van der Waals surface area (Å²) in [6, 6.07) is 0. The summed E-state index contributed by atoms with van der Waals surface area (Å²) in [6.45, 7) is 0. The molecule has 0 atom stereocenters. The number of alkyl halides is 1. The molecule has 14 heavy (non-hydrogen) atoms. The molecule has 2 N–H and O–H groups in total. The molecule has 78 valence electrons. The van der Waals surface area contributed by atoms with Crippen molar-refractivity contribution in [2.75, 3.05) is 0 Å². The topological polar surface area (TPSA) is 49.7 Å². The fourth-order valence-electron chi connectivity index (χ4n) is 0.820. The standard InChI is InChI=1S/C5H2BCl5O3/c7-1-2(8)4(10)5(11,3(1)9)14-6(12)13/h12-13H. The summed E-state index contributed by atoms with van der Waals surface area (Å²) in [6.07, 6.45) is 0. The Morgan fingerprint density at radius 3 is 1.64 bits per heavy atom. The van der Waals surface area contributed by atoms with E-state index in [9.17, 15) is 0 Å². The van der Waals surface area contributed by atoms with E-state index in [2.05, 4.69) is 4.65 Å². The van der Waals surface area contributed by atoms with Crippen LogP contribution < -0.4 is 0 Å². The molecule has 0 aromatic heterocycles. The van der Waals surface area contributed by atoms with Crippen molar-refractivity contribution in [1.82, 2.24) is 0 Å². The fourth-order valence-corrected chi connectivity index (χ4v) is 2.25. The lowest BCUT2D eigenvalue weighted by molar-refractivity contribution is 0.145. The molecule has 1 rings (SSSR count). The molecule has 1 aliphatic rings. The maximum Gasteiger partial charge on any atom is 0.635 e. The first-order chi connectivity index (χ1) is 6.30. The van der Waals surface area contributed by atoms with Crippen LogP contribution in [0.15, 0.2) is 20.1 Å². The second-order valence-electron chi connectivity index (χ2n) is 2.30. The van der Waals surface area contributed by atoms with Crippen molar-refractivity contribution in [1.29, 1.82) is 0 Å². The second kappa shape index (κ2) is 4.40. The maximum atomic E-state index is 8.59. The smallest absolute Gasteiger partial charge is 0.402 e. The summed E-state index contributed by atoms with van der Waals surface area (Å²) < 4.78 is 4.49. The summed E-state index contributed by atoms with van der Waals surface area (Å²) in [5.41, 5.74) is 0. The highest BCUT2D eigenvalue weighted by molar-refractivity contribution is 6.58. The highest BCUT2D eigenvalue weighted by Crippen LogP contribution is 2.52. The van der Waals surface area contributed by atoms with Crippen LogP contribution in [0.3, 0.4) is 0 Å². The van der Waals surface area contributed by atoms with Crippen molar-refractivity contribution in [2.45, 2.75) is 5.06 Å². The third-order valence-electron chi connectivity index (χ3n) is 1.41. The van der Waals surface area contributed by atoms with Crippen LogP contribution in [0.2, 0.25) is 0 Å². The Morgan fingerprint density at radius 2 is 1.36 bits per heavy atom. The summed E-state index contributed by atoms with van der Waals surface area (Å²) >= 11 is 28.3. The van der Waals surface area contributed by atoms with Crippen LogP contribution in [0.1, 0.15) is 0 Å². The SMILES string of the molecule is OB(O)OC1(Cl)C(Cl)=C(Cl)C(Cl)=C1Cl. The number of allylic oxidation sites excluding steroid dienone is 2. The van der Waals surface area contributed by atoms with Crippen molar-refractivity contribution >= 4 is 65.3 Å². The number of halogens is 5. The van der Waals surface area contributed by atoms with Crippen LogP contribution in [0.5, 0.6) is 0 Å². The van der Waals surface area contributed by atoms with Gasteiger partial charge in [-0.05, 0) is 0 Å². The van der Waals surface area contributed by atoms with E-state index >= 15 is 0 Å². The maximum absolute atomic E-state index is 8.59. The largest absolute Gasteiger partial charge is 0.635 e. The van der Waals surface area contributed by atoms with E-state index < -0.39 is 12.4 Å². The molecule has 0 saturated heterocycles. The molecular formula is C5H2BCl5O3. The second-order valence-corrected chi connectivity index (χ2v) is 4.34. The van der Waals surface area contributed by atoms with Crippen molar-refractivity contribution < 1.29 is 14.7 Å². The molecule has 9 heteroatoms. The molecule has 3 nitrogen and oxygen atoms in total. The number of hydrogen-bond acceptors (Lipinski definition) is 3. The average Bonchev–Trinajstić information content (AvgIpc) is 2.21. The highest BCUT2D eigenvalue weighted by atomic mass is 35.5. The Hall–Kier alpha value is 0.875. The quantitative estimate of drug-likeness (QED) is 0.607. The van der Waals surface area contributed by atoms with Crippen molar-refractivity contribution in [3.05, 3.63) is 20.1 Å². The molecule has 0 amide bonds. The van der Waals surface area contributed by atoms with Gasteiger partial charge in [0, 0.05) is 0 Å². The Bertz CT molecular complexity index is 301. The molecule has 0 unspecified atom stereocenters. The number of hydrogen-bond donors (Lipinski definition) is 2. The summed E-state index contributed by atoms with van der Waals surface area (Å²) in [4.78, 5) is 0. The summed E-state index contributed by atoms with van der Waals surface area (Å²) in [7, 11) is -2.15. The molecule has 1 aliphatic carbocycles. The van der Waals surface area contributed by atoms with Gasteiger partial charge in [-0.2, -0.15) is 0 Å². The Labute approximate surface area is 105 Å². The summed E-state index contributed by atoms with van der Waals surface area (Å²) in [5.74, 6) is 0. The Morgan fingerprint density at radius 1 is 1.00 bits per heavy atom. The lowest BCUT2D eigenvalue weighted by Crippen LogP contribution is -2.34. The van der Waals surface area contributed by atoms with Crippen molar-refractivity contribution in [2.24, 2.45) is 0 Å². The zero-order valence-corrected chi connectivity index (χ0v) is 10.0. The third-order valence-corrected chi connectivity index (χ3v) is 4.03. The molecule has 0 saturated carbocycles. The predicted molar refractivity (Wildman–Crippen MR) is 57.3 cm³/mol. The van der Waals surface area contributed by atoms with Crippen LogP contribution in [0.4, 0.5) is 0 Å². The molecule has 0 aromatic carbocycles. The first-order valence-electron chi connectivity index (χ1n) is 3.15. The van der Waals surface area contributed by atoms with E-state index in [1.165, 1.54) is 0 Å². The molecule has 0 heterocycles. The van der Waals surface area contributed by atoms with E-state index in [1.54, 1.807) is 0 Å². The van der Waals surface area contributed by atoms with Crippen LogP contribution in [0.25, 0.3) is 0 Å². The molecule has 0 fully saturated rings. The van der Waals surface area contributed by atoms with Gasteiger partial charge in [0.15, 0.2) is 0 Å². The third kappa shape index (κ3) is 2.03. The molecular weight excluding hydrogens is 296 g/mol. The lowest BCUT2D eigenvalue weighted by Gasteiger charge is -2.22. The predicted octanol–water partition coefficient (Wildman–Crippen LogP) is 2.30. The van der Waals surface area contributed by atoms with Crippen molar-refractivity contribution in [3.63, 3.8) is 0 Å². The van der Waals surface area contributed by atoms with Gasteiger partial charge in [0.25, 0.3) is 0 Å². The van der Waals surface area contributed by atoms with Crippen LogP contribution in [0, 0.1) is 0 Å². The Kier molecular flexibility index (Phi) is 4.06. The average molecular weight is 298 g/mol. The first-order valence-corrected chi connectivity index (χ1v) is 5.04. The van der Waals surface area contributed by atoms with Gasteiger partial charge in [0.2, 0.25) is 5.06 Å². The van der Waals surface area contributed by atoms with Crippen LogP contribution in [-0.2, 0) is 4.65 Å². The van der Waals surface area contributed by atoms with Gasteiger partial charge in [-0.3, -0.25) is 0 Å². The van der Waals surface area contributed by atoms with Gasteiger partial charge in [-0.25, -0.2) is 0 Å². The van der Waals surface area contributed by atoms with E-state index in [4.69, 9.17) is 68.1 Å². The first kappa shape index (κ1) is 12.9. The lowest BCUT2D eigenvalue weighted by atomic mass is 10.2. The molecule has 0 spiro atoms. The van der Waals surface area contributed by atoms with E-state index in [-0.39, 0.29) is 20.1 Å². The normalized spacial score (nSPS) is 20.8. The number of rotatable bonds is 2. The minimum atomic E-state index is -2.15. The van der Waals surface area contributed by atoms with E-state index in [1.807, 2.05) is 0 Å². The fraction of sp³-hybridized carbons (Fsp3) is 0.200. The van der Waals surface area contributed by atoms with E-state index in [0.717, 1.165) is 0 Å². The van der Waals surface area contributed by atoms with Gasteiger partial charge in [0.05, 0.1) is 20.1 Å². The minimum Gasteiger partial charge on any atom is -0.402 e. The van der Waals surface area contributed by atoms with Gasteiger partial charge in [0.1, 0.15) is 0 Å². The molecule has 0 aliphatic heterocycles. The molecule has 0 radical (unpaired) electrons. The van der Waals surface area contributed by atoms with Gasteiger partial charge < -0.3 is 14.7 Å². The summed E-state index contributed by atoms with van der Waals surface area (Å²) in [5, 5.41) is 14.6. The highest BCUT2D eigenvalue weighted by Gasteiger charge is 2.47. The van der Waals surface area contributed by atoms with E-state index in [0.29, 0.717) is 0 Å². The molecule has 0 bridgehead atoms.